The van der Waals surface area contributed by atoms with Crippen molar-refractivity contribution in [2.45, 2.75) is 42.5 Å². The van der Waals surface area contributed by atoms with Gasteiger partial charge in [-0.2, -0.15) is 13.2 Å². The average molecular weight is 641 g/mol. The van der Waals surface area contributed by atoms with Gasteiger partial charge in [0.15, 0.2) is 0 Å². The highest BCUT2D eigenvalue weighted by Gasteiger charge is 2.31. The molecule has 1 aliphatic heterocycles. The van der Waals surface area contributed by atoms with E-state index in [0.717, 1.165) is 31.6 Å². The number of benzene rings is 2. The van der Waals surface area contributed by atoms with Crippen LogP contribution in [0.5, 0.6) is 5.75 Å². The van der Waals surface area contributed by atoms with E-state index in [1.807, 2.05) is 6.07 Å². The number of piperidine rings is 1. The minimum absolute atomic E-state index is 0.0669. The van der Waals surface area contributed by atoms with Crippen LogP contribution in [0.4, 0.5) is 24.5 Å². The summed E-state index contributed by atoms with van der Waals surface area (Å²) in [7, 11) is -0.630. The molecule has 2 heterocycles. The first-order valence-corrected chi connectivity index (χ1v) is 15.9. The van der Waals surface area contributed by atoms with E-state index in [2.05, 4.69) is 29.1 Å². The summed E-state index contributed by atoms with van der Waals surface area (Å²) in [5.41, 5.74) is 1.23. The van der Waals surface area contributed by atoms with Crippen molar-refractivity contribution in [3.05, 3.63) is 46.8 Å². The van der Waals surface area contributed by atoms with Crippen LogP contribution >= 0.6 is 11.3 Å². The molecule has 0 bridgehead atoms. The van der Waals surface area contributed by atoms with Gasteiger partial charge < -0.3 is 30.1 Å². The molecular formula is C29H35F3N4O5S2. The second kappa shape index (κ2) is 13.7. The van der Waals surface area contributed by atoms with E-state index in [-0.39, 0.29) is 40.2 Å². The van der Waals surface area contributed by atoms with Crippen molar-refractivity contribution in [1.29, 1.82) is 0 Å². The van der Waals surface area contributed by atoms with Gasteiger partial charge in [-0.25, -0.2) is 13.6 Å². The number of thiophene rings is 1. The zero-order valence-electron chi connectivity index (χ0n) is 23.8. The lowest BCUT2D eigenvalue weighted by Crippen LogP contribution is -2.36. The standard InChI is InChI=1S/C29H35F3N4O5S2/c1-35-13-10-19(11-14-35)34-24-6-3-5-22-23(16-29(30,31)32)27(42-28(22)24)7-4-12-36(17-20(38)18-37)25-9-8-21(43(33,39)40)15-26(25)41-2/h3,5-6,8-9,15,19-20,34,37-38H,10-14,16-18H2,1-2H3,(H2,33,39,40). The predicted molar refractivity (Wildman–Crippen MR) is 162 cm³/mol. The van der Waals surface area contributed by atoms with Crippen LogP contribution in [0, 0.1) is 11.8 Å². The molecule has 0 amide bonds. The molecule has 1 aliphatic rings. The number of anilines is 2. The number of aliphatic hydroxyl groups is 2. The van der Waals surface area contributed by atoms with Crippen molar-refractivity contribution in [3.8, 4) is 17.6 Å². The molecule has 43 heavy (non-hydrogen) atoms. The molecule has 4 rings (SSSR count). The molecule has 14 heteroatoms. The molecule has 1 atom stereocenters. The summed E-state index contributed by atoms with van der Waals surface area (Å²) in [6.07, 6.45) is -4.90. The van der Waals surface area contributed by atoms with Gasteiger partial charge in [-0.05, 0) is 62.1 Å². The topological polar surface area (TPSA) is 128 Å². The van der Waals surface area contributed by atoms with Crippen molar-refractivity contribution in [2.24, 2.45) is 5.14 Å². The molecule has 0 radical (unpaired) electrons. The fourth-order valence-corrected chi connectivity index (χ4v) is 6.71. The number of hydrogen-bond acceptors (Lipinski definition) is 9. The normalized spacial score (nSPS) is 15.6. The van der Waals surface area contributed by atoms with Crippen LogP contribution in [-0.2, 0) is 16.4 Å². The Morgan fingerprint density at radius 3 is 2.60 bits per heavy atom. The lowest BCUT2D eigenvalue weighted by atomic mass is 10.0. The number of rotatable bonds is 10. The van der Waals surface area contributed by atoms with Crippen molar-refractivity contribution in [3.63, 3.8) is 0 Å². The summed E-state index contributed by atoms with van der Waals surface area (Å²) in [6.45, 7) is 1.14. The number of aliphatic hydroxyl groups excluding tert-OH is 2. The molecule has 1 saturated heterocycles. The lowest BCUT2D eigenvalue weighted by molar-refractivity contribution is -0.126. The van der Waals surface area contributed by atoms with Crippen molar-refractivity contribution < 1.29 is 36.5 Å². The molecule has 0 saturated carbocycles. The number of primary sulfonamides is 1. The second-order valence-corrected chi connectivity index (χ2v) is 13.1. The van der Waals surface area contributed by atoms with Gasteiger partial charge in [-0.1, -0.05) is 24.0 Å². The van der Waals surface area contributed by atoms with Gasteiger partial charge >= 0.3 is 6.18 Å². The van der Waals surface area contributed by atoms with Crippen LogP contribution in [-0.4, -0.2) is 88.8 Å². The van der Waals surface area contributed by atoms with E-state index < -0.39 is 35.3 Å². The van der Waals surface area contributed by atoms with Crippen LogP contribution in [0.3, 0.4) is 0 Å². The Bertz CT molecular complexity index is 1590. The number of ether oxygens (including phenoxy) is 1. The lowest BCUT2D eigenvalue weighted by Gasteiger charge is -2.30. The van der Waals surface area contributed by atoms with E-state index in [0.29, 0.717) is 15.8 Å². The minimum atomic E-state index is -4.45. The molecule has 1 unspecified atom stereocenters. The maximum absolute atomic E-state index is 13.7. The van der Waals surface area contributed by atoms with Gasteiger partial charge in [0.05, 0.1) is 58.6 Å². The number of nitrogens with two attached hydrogens (primary N) is 1. The van der Waals surface area contributed by atoms with Gasteiger partial charge in [0.25, 0.3) is 0 Å². The van der Waals surface area contributed by atoms with Gasteiger partial charge in [0.2, 0.25) is 10.0 Å². The number of hydrogen-bond donors (Lipinski definition) is 4. The van der Waals surface area contributed by atoms with Crippen molar-refractivity contribution in [2.75, 3.05) is 57.2 Å². The van der Waals surface area contributed by atoms with Crippen LogP contribution in [0.2, 0.25) is 0 Å². The number of nitrogens with one attached hydrogen (secondary N) is 1. The number of likely N-dealkylation sites (tertiary alicyclic amines) is 1. The van der Waals surface area contributed by atoms with Crippen LogP contribution < -0.4 is 20.1 Å². The van der Waals surface area contributed by atoms with E-state index in [4.69, 9.17) is 9.88 Å². The van der Waals surface area contributed by atoms with E-state index >= 15 is 0 Å². The van der Waals surface area contributed by atoms with Gasteiger partial charge in [0.1, 0.15) is 5.75 Å². The molecule has 3 aromatic rings. The van der Waals surface area contributed by atoms with Crippen LogP contribution in [0.25, 0.3) is 10.1 Å². The molecule has 1 fully saturated rings. The first-order chi connectivity index (χ1) is 20.3. The maximum Gasteiger partial charge on any atom is 0.393 e. The third-order valence-electron chi connectivity index (χ3n) is 7.21. The first-order valence-electron chi connectivity index (χ1n) is 13.6. The Hall–Kier alpha value is -3.06. The third kappa shape index (κ3) is 8.53. The van der Waals surface area contributed by atoms with E-state index in [9.17, 15) is 31.8 Å². The number of alkyl halides is 3. The molecular weight excluding hydrogens is 605 g/mol. The summed E-state index contributed by atoms with van der Waals surface area (Å²) >= 11 is 1.20. The Kier molecular flexibility index (Phi) is 10.5. The Labute approximate surface area is 253 Å². The molecule has 2 aromatic carbocycles. The van der Waals surface area contributed by atoms with Gasteiger partial charge in [0, 0.05) is 18.7 Å². The fourth-order valence-electron chi connectivity index (χ4n) is 5.01. The fraction of sp³-hybridized carbons (Fsp3) is 0.448. The van der Waals surface area contributed by atoms with Gasteiger partial charge in [-0.3, -0.25) is 0 Å². The van der Waals surface area contributed by atoms with E-state index in [1.165, 1.54) is 36.6 Å². The van der Waals surface area contributed by atoms with Gasteiger partial charge in [-0.15, -0.1) is 11.3 Å². The molecule has 0 spiro atoms. The minimum Gasteiger partial charge on any atom is -0.495 e. The Balaban J connectivity index is 1.70. The smallest absolute Gasteiger partial charge is 0.393 e. The third-order valence-corrected chi connectivity index (χ3v) is 9.32. The molecule has 5 N–H and O–H groups in total. The van der Waals surface area contributed by atoms with Crippen molar-refractivity contribution >= 4 is 42.8 Å². The first kappa shape index (κ1) is 32.8. The SMILES string of the molecule is COc1cc(S(N)(=O)=O)ccc1N(CC#Cc1sc2c(NC3CCN(C)CC3)cccc2c1CC(F)(F)F)CC(O)CO. The molecule has 1 aromatic heterocycles. The number of methoxy groups -OCH3 is 1. The van der Waals surface area contributed by atoms with Crippen molar-refractivity contribution in [1.82, 2.24) is 4.90 Å². The largest absolute Gasteiger partial charge is 0.495 e. The summed E-state index contributed by atoms with van der Waals surface area (Å²) in [4.78, 5) is 3.88. The summed E-state index contributed by atoms with van der Waals surface area (Å²) in [5.74, 6) is 5.97. The Morgan fingerprint density at radius 1 is 1.26 bits per heavy atom. The summed E-state index contributed by atoms with van der Waals surface area (Å²) in [6, 6.07) is 9.44. The van der Waals surface area contributed by atoms with Crippen LogP contribution in [0.1, 0.15) is 23.3 Å². The number of nitrogens with zero attached hydrogens (tertiary/aromatic N) is 2. The second-order valence-electron chi connectivity index (χ2n) is 10.5. The maximum atomic E-state index is 13.7. The Morgan fingerprint density at radius 2 is 1.98 bits per heavy atom. The number of fused-ring (bicyclic) bond motifs is 1. The predicted octanol–water partition coefficient (Wildman–Crippen LogP) is 3.38. The van der Waals surface area contributed by atoms with Crippen LogP contribution in [0.15, 0.2) is 41.3 Å². The molecule has 0 aliphatic carbocycles. The molecule has 9 nitrogen and oxygen atoms in total. The highest BCUT2D eigenvalue weighted by Crippen LogP contribution is 2.39. The zero-order valence-corrected chi connectivity index (χ0v) is 25.4. The quantitative estimate of drug-likeness (QED) is 0.249. The number of sulfonamides is 1. The molecule has 234 valence electrons. The highest BCUT2D eigenvalue weighted by molar-refractivity contribution is 7.89. The van der Waals surface area contributed by atoms with E-state index in [1.54, 1.807) is 17.0 Å². The highest BCUT2D eigenvalue weighted by atomic mass is 32.2. The zero-order chi connectivity index (χ0) is 31.4. The monoisotopic (exact) mass is 640 g/mol. The number of halogens is 3. The summed E-state index contributed by atoms with van der Waals surface area (Å²) in [5, 5.41) is 28.9. The average Bonchev–Trinajstić information content (AvgIpc) is 3.29. The summed E-state index contributed by atoms with van der Waals surface area (Å²) < 4.78 is 70.8.